The van der Waals surface area contributed by atoms with Gasteiger partial charge in [-0.3, -0.25) is 4.57 Å². The number of ether oxygens (including phenoxy) is 5. The average Bonchev–Trinajstić information content (AvgIpc) is 3.40. The van der Waals surface area contributed by atoms with Gasteiger partial charge in [0.1, 0.15) is 29.4 Å². The molecule has 1 aromatic heterocycles. The number of aryl methyl sites for hydroxylation is 1. The molecule has 1 fully saturated rings. The first-order chi connectivity index (χ1) is 20.4. The lowest BCUT2D eigenvalue weighted by Crippen LogP contribution is -2.38. The summed E-state index contributed by atoms with van der Waals surface area (Å²) in [7, 11) is 3.25. The molecule has 9 heteroatoms. The minimum absolute atomic E-state index is 0.0445. The summed E-state index contributed by atoms with van der Waals surface area (Å²) in [5.41, 5.74) is 1.77. The van der Waals surface area contributed by atoms with E-state index in [9.17, 15) is 9.90 Å². The van der Waals surface area contributed by atoms with Crippen molar-refractivity contribution in [3.05, 3.63) is 118 Å². The van der Waals surface area contributed by atoms with E-state index in [1.54, 1.807) is 20.4 Å². The van der Waals surface area contributed by atoms with Gasteiger partial charge < -0.3 is 28.8 Å². The van der Waals surface area contributed by atoms with Crippen LogP contribution in [-0.2, 0) is 15.1 Å². The summed E-state index contributed by atoms with van der Waals surface area (Å²) in [6, 6.07) is 25.4. The summed E-state index contributed by atoms with van der Waals surface area (Å²) < 4.78 is 30.8. The number of aliphatic hydroxyl groups excluding tert-OH is 1. The number of aromatic nitrogens is 2. The van der Waals surface area contributed by atoms with Crippen molar-refractivity contribution in [1.82, 2.24) is 9.55 Å². The zero-order valence-electron chi connectivity index (χ0n) is 24.2. The van der Waals surface area contributed by atoms with Crippen LogP contribution in [-0.4, -0.2) is 54.3 Å². The van der Waals surface area contributed by atoms with Gasteiger partial charge in [0.05, 0.1) is 33.5 Å². The van der Waals surface area contributed by atoms with Crippen LogP contribution in [0, 0.1) is 6.92 Å². The number of methoxy groups -OCH3 is 2. The number of hydrogen-bond donors (Lipinski definition) is 1. The second-order valence-corrected chi connectivity index (χ2v) is 10.1. The second-order valence-electron chi connectivity index (χ2n) is 10.1. The molecule has 3 aromatic carbocycles. The standard InChI is InChI=1S/C33H36N2O7/c1-5-40-31-22(2)20-35(32(37)34-31)30-19-28(36)29(42-30)21-41-33(23-9-7-6-8-10-23,24-11-15-26(38-3)16-12-24)25-13-17-27(39-4)18-14-25/h6-18,20,28-30,36H,5,19,21H2,1-4H3/t28-,29+,30+/m0/s1. The molecule has 1 N–H and O–H groups in total. The maximum absolute atomic E-state index is 12.8. The van der Waals surface area contributed by atoms with E-state index >= 15 is 0 Å². The van der Waals surface area contributed by atoms with Crippen LogP contribution >= 0.6 is 0 Å². The van der Waals surface area contributed by atoms with Gasteiger partial charge in [0.15, 0.2) is 0 Å². The molecule has 42 heavy (non-hydrogen) atoms. The first-order valence-electron chi connectivity index (χ1n) is 13.9. The molecule has 220 valence electrons. The molecule has 4 aromatic rings. The molecule has 1 saturated heterocycles. The Morgan fingerprint density at radius 3 is 2.05 bits per heavy atom. The maximum Gasteiger partial charge on any atom is 0.352 e. The van der Waals surface area contributed by atoms with Crippen molar-refractivity contribution in [2.75, 3.05) is 27.4 Å². The number of rotatable bonds is 11. The van der Waals surface area contributed by atoms with Gasteiger partial charge in [0, 0.05) is 18.2 Å². The Kier molecular flexibility index (Phi) is 8.91. The van der Waals surface area contributed by atoms with E-state index in [0.29, 0.717) is 18.1 Å². The normalized spacial score (nSPS) is 18.5. The molecule has 2 heterocycles. The van der Waals surface area contributed by atoms with Gasteiger partial charge >= 0.3 is 5.69 Å². The lowest BCUT2D eigenvalue weighted by molar-refractivity contribution is -0.0944. The summed E-state index contributed by atoms with van der Waals surface area (Å²) in [5, 5.41) is 11.1. The number of benzene rings is 3. The van der Waals surface area contributed by atoms with Crippen molar-refractivity contribution in [3.8, 4) is 17.4 Å². The summed E-state index contributed by atoms with van der Waals surface area (Å²) >= 11 is 0. The van der Waals surface area contributed by atoms with Crippen molar-refractivity contribution >= 4 is 0 Å². The quantitative estimate of drug-likeness (QED) is 0.260. The molecule has 0 aliphatic carbocycles. The summed E-state index contributed by atoms with van der Waals surface area (Å²) in [6.07, 6.45) is -0.394. The first-order valence-corrected chi connectivity index (χ1v) is 13.9. The van der Waals surface area contributed by atoms with E-state index in [1.165, 1.54) is 4.57 Å². The fourth-order valence-corrected chi connectivity index (χ4v) is 5.36. The molecule has 0 bridgehead atoms. The Labute approximate surface area is 245 Å². The highest BCUT2D eigenvalue weighted by molar-refractivity contribution is 5.49. The van der Waals surface area contributed by atoms with E-state index in [2.05, 4.69) is 4.98 Å². The minimum atomic E-state index is -1.06. The zero-order valence-corrected chi connectivity index (χ0v) is 24.2. The van der Waals surface area contributed by atoms with Crippen LogP contribution in [0.1, 0.15) is 41.8 Å². The Balaban J connectivity index is 1.50. The minimum Gasteiger partial charge on any atom is -0.497 e. The Morgan fingerprint density at radius 2 is 1.50 bits per heavy atom. The monoisotopic (exact) mass is 572 g/mol. The van der Waals surface area contributed by atoms with E-state index in [0.717, 1.165) is 28.2 Å². The third-order valence-electron chi connectivity index (χ3n) is 7.52. The van der Waals surface area contributed by atoms with Gasteiger partial charge in [0.25, 0.3) is 0 Å². The average molecular weight is 573 g/mol. The van der Waals surface area contributed by atoms with E-state index in [-0.39, 0.29) is 13.0 Å². The van der Waals surface area contributed by atoms with Gasteiger partial charge in [-0.05, 0) is 54.8 Å². The van der Waals surface area contributed by atoms with Crippen LogP contribution in [0.4, 0.5) is 0 Å². The third kappa shape index (κ3) is 5.76. The fraction of sp³-hybridized carbons (Fsp3) is 0.333. The predicted octanol–water partition coefficient (Wildman–Crippen LogP) is 4.62. The number of nitrogens with zero attached hydrogens (tertiary/aromatic N) is 2. The van der Waals surface area contributed by atoms with Gasteiger partial charge in [-0.15, -0.1) is 0 Å². The highest BCUT2D eigenvalue weighted by Gasteiger charge is 2.42. The molecule has 3 atom stereocenters. The summed E-state index contributed by atoms with van der Waals surface area (Å²) in [5.74, 6) is 1.74. The van der Waals surface area contributed by atoms with Crippen LogP contribution in [0.2, 0.25) is 0 Å². The first kappa shape index (κ1) is 29.3. The lowest BCUT2D eigenvalue weighted by Gasteiger charge is -2.37. The van der Waals surface area contributed by atoms with Crippen LogP contribution in [0.25, 0.3) is 0 Å². The third-order valence-corrected chi connectivity index (χ3v) is 7.52. The Hall–Kier alpha value is -4.18. The fourth-order valence-electron chi connectivity index (χ4n) is 5.36. The molecule has 0 amide bonds. The number of hydrogen-bond acceptors (Lipinski definition) is 8. The molecular formula is C33H36N2O7. The van der Waals surface area contributed by atoms with E-state index in [4.69, 9.17) is 23.7 Å². The maximum atomic E-state index is 12.8. The van der Waals surface area contributed by atoms with Crippen molar-refractivity contribution < 1.29 is 28.8 Å². The Morgan fingerprint density at radius 1 is 0.929 bits per heavy atom. The van der Waals surface area contributed by atoms with Crippen LogP contribution < -0.4 is 19.9 Å². The summed E-state index contributed by atoms with van der Waals surface area (Å²) in [4.78, 5) is 16.9. The Bertz CT molecular complexity index is 1470. The van der Waals surface area contributed by atoms with E-state index < -0.39 is 29.7 Å². The van der Waals surface area contributed by atoms with Gasteiger partial charge in [-0.25, -0.2) is 4.79 Å². The highest BCUT2D eigenvalue weighted by Crippen LogP contribution is 2.42. The van der Waals surface area contributed by atoms with Gasteiger partial charge in [-0.1, -0.05) is 54.6 Å². The van der Waals surface area contributed by atoms with E-state index in [1.807, 2.05) is 92.7 Å². The highest BCUT2D eigenvalue weighted by atomic mass is 16.6. The topological polar surface area (TPSA) is 101 Å². The van der Waals surface area contributed by atoms with Crippen molar-refractivity contribution in [2.45, 2.75) is 44.3 Å². The molecule has 0 radical (unpaired) electrons. The molecule has 1 aliphatic rings. The molecule has 5 rings (SSSR count). The zero-order chi connectivity index (χ0) is 29.7. The molecule has 0 unspecified atom stereocenters. The van der Waals surface area contributed by atoms with Crippen molar-refractivity contribution in [2.24, 2.45) is 0 Å². The summed E-state index contributed by atoms with van der Waals surface area (Å²) in [6.45, 7) is 4.10. The largest absolute Gasteiger partial charge is 0.497 e. The van der Waals surface area contributed by atoms with Crippen LogP contribution in [0.3, 0.4) is 0 Å². The van der Waals surface area contributed by atoms with Crippen LogP contribution in [0.5, 0.6) is 17.4 Å². The molecule has 1 aliphatic heterocycles. The number of aliphatic hydroxyl groups is 1. The predicted molar refractivity (Wildman–Crippen MR) is 157 cm³/mol. The second kappa shape index (κ2) is 12.8. The van der Waals surface area contributed by atoms with Crippen LogP contribution in [0.15, 0.2) is 89.9 Å². The lowest BCUT2D eigenvalue weighted by atomic mass is 9.80. The molecule has 0 saturated carbocycles. The van der Waals surface area contributed by atoms with Gasteiger partial charge in [0.2, 0.25) is 5.88 Å². The smallest absolute Gasteiger partial charge is 0.352 e. The molecule has 9 nitrogen and oxygen atoms in total. The SMILES string of the molecule is CCOc1nc(=O)n([C@H]2C[C@H](O)[C@@H](COC(c3ccccc3)(c3ccc(OC)cc3)c3ccc(OC)cc3)O2)cc1C. The van der Waals surface area contributed by atoms with Crippen molar-refractivity contribution in [3.63, 3.8) is 0 Å². The van der Waals surface area contributed by atoms with Gasteiger partial charge in [-0.2, -0.15) is 4.98 Å². The molecule has 0 spiro atoms. The molecular weight excluding hydrogens is 536 g/mol. The van der Waals surface area contributed by atoms with Crippen molar-refractivity contribution in [1.29, 1.82) is 0 Å².